The van der Waals surface area contributed by atoms with Gasteiger partial charge in [0.05, 0.1) is 5.75 Å². The molecule has 0 aliphatic heterocycles. The van der Waals surface area contributed by atoms with Gasteiger partial charge in [-0.05, 0) is 52.0 Å². The number of rotatable bonds is 6. The molecule has 1 unspecified atom stereocenters. The van der Waals surface area contributed by atoms with E-state index in [2.05, 4.69) is 20.8 Å². The van der Waals surface area contributed by atoms with Crippen LogP contribution >= 0.6 is 23.4 Å². The van der Waals surface area contributed by atoms with Crippen molar-refractivity contribution in [1.82, 2.24) is 20.8 Å². The summed E-state index contributed by atoms with van der Waals surface area (Å²) >= 11 is 6.95. The van der Waals surface area contributed by atoms with E-state index in [1.54, 1.807) is 31.2 Å². The zero-order chi connectivity index (χ0) is 19.3. The number of halogens is 1. The van der Waals surface area contributed by atoms with Crippen LogP contribution in [0.25, 0.3) is 11.5 Å². The monoisotopic (exact) mass is 396 g/mol. The van der Waals surface area contributed by atoms with E-state index in [9.17, 15) is 9.59 Å². The van der Waals surface area contributed by atoms with E-state index in [1.807, 2.05) is 20.8 Å². The van der Waals surface area contributed by atoms with Crippen molar-refractivity contribution in [3.8, 4) is 11.5 Å². The fraction of sp³-hybridized carbons (Fsp3) is 0.412. The van der Waals surface area contributed by atoms with Gasteiger partial charge in [0, 0.05) is 16.1 Å². The molecule has 0 bridgehead atoms. The van der Waals surface area contributed by atoms with Gasteiger partial charge >= 0.3 is 0 Å². The summed E-state index contributed by atoms with van der Waals surface area (Å²) in [5.74, 6) is -0.117. The average molecular weight is 397 g/mol. The van der Waals surface area contributed by atoms with Gasteiger partial charge in [0.15, 0.2) is 0 Å². The van der Waals surface area contributed by atoms with Gasteiger partial charge in [-0.2, -0.15) is 0 Å². The molecule has 2 aromatic rings. The number of benzene rings is 1. The van der Waals surface area contributed by atoms with Crippen molar-refractivity contribution >= 4 is 35.2 Å². The summed E-state index contributed by atoms with van der Waals surface area (Å²) in [5, 5.41) is 14.2. The Balaban J connectivity index is 1.84. The standard InChI is InChI=1S/C17H21ClN4O3S/c1-10(14(24)20-17(2,3)4)19-13(23)9-26-16-22-21-15(25-16)11-5-7-12(18)8-6-11/h5-8,10H,9H2,1-4H3,(H,19,23)(H,20,24). The van der Waals surface area contributed by atoms with Gasteiger partial charge in [-0.3, -0.25) is 9.59 Å². The van der Waals surface area contributed by atoms with E-state index in [4.69, 9.17) is 16.0 Å². The van der Waals surface area contributed by atoms with E-state index in [1.165, 1.54) is 0 Å². The lowest BCUT2D eigenvalue weighted by atomic mass is 10.1. The Bertz CT molecular complexity index is 771. The Labute approximate surface area is 161 Å². The lowest BCUT2D eigenvalue weighted by molar-refractivity contribution is -0.128. The molecule has 2 amide bonds. The first-order valence-electron chi connectivity index (χ1n) is 7.98. The minimum Gasteiger partial charge on any atom is -0.411 e. The number of hydrogen-bond acceptors (Lipinski definition) is 6. The van der Waals surface area contributed by atoms with Crippen LogP contribution in [0.2, 0.25) is 5.02 Å². The number of nitrogens with zero attached hydrogens (tertiary/aromatic N) is 2. The first kappa shape index (κ1) is 20.3. The fourth-order valence-electron chi connectivity index (χ4n) is 1.93. The first-order valence-corrected chi connectivity index (χ1v) is 9.34. The molecule has 140 valence electrons. The fourth-order valence-corrected chi connectivity index (χ4v) is 2.63. The van der Waals surface area contributed by atoms with Crippen molar-refractivity contribution in [2.75, 3.05) is 5.75 Å². The van der Waals surface area contributed by atoms with Gasteiger partial charge in [0.1, 0.15) is 6.04 Å². The van der Waals surface area contributed by atoms with E-state index in [0.717, 1.165) is 17.3 Å². The second-order valence-corrected chi connectivity index (χ2v) is 8.06. The molecule has 0 fully saturated rings. The summed E-state index contributed by atoms with van der Waals surface area (Å²) < 4.78 is 5.52. The van der Waals surface area contributed by atoms with Crippen molar-refractivity contribution < 1.29 is 14.0 Å². The molecule has 1 aromatic heterocycles. The first-order chi connectivity index (χ1) is 12.1. The third-order valence-electron chi connectivity index (χ3n) is 3.09. The molecule has 0 aliphatic rings. The summed E-state index contributed by atoms with van der Waals surface area (Å²) in [6.07, 6.45) is 0. The summed E-state index contributed by atoms with van der Waals surface area (Å²) in [5.41, 5.74) is 0.387. The molecule has 1 aromatic carbocycles. The highest BCUT2D eigenvalue weighted by atomic mass is 35.5. The quantitative estimate of drug-likeness (QED) is 0.728. The highest BCUT2D eigenvalue weighted by Gasteiger charge is 2.21. The molecular formula is C17H21ClN4O3S. The maximum absolute atomic E-state index is 12.0. The number of carbonyl (C=O) groups excluding carboxylic acids is 2. The molecule has 0 saturated heterocycles. The predicted molar refractivity (Wildman–Crippen MR) is 101 cm³/mol. The Morgan fingerprint density at radius 1 is 1.23 bits per heavy atom. The van der Waals surface area contributed by atoms with Gasteiger partial charge in [0.2, 0.25) is 17.7 Å². The summed E-state index contributed by atoms with van der Waals surface area (Å²) in [6.45, 7) is 7.27. The number of amides is 2. The predicted octanol–water partition coefficient (Wildman–Crippen LogP) is 2.90. The average Bonchev–Trinajstić information content (AvgIpc) is 3.01. The Kier molecular flexibility index (Phi) is 6.66. The zero-order valence-corrected chi connectivity index (χ0v) is 16.6. The number of hydrogen-bond donors (Lipinski definition) is 2. The van der Waals surface area contributed by atoms with Crippen LogP contribution in [-0.4, -0.2) is 39.3 Å². The molecule has 0 saturated carbocycles. The van der Waals surface area contributed by atoms with Crippen molar-refractivity contribution in [3.05, 3.63) is 29.3 Å². The van der Waals surface area contributed by atoms with Gasteiger partial charge in [-0.1, -0.05) is 23.4 Å². The summed E-state index contributed by atoms with van der Waals surface area (Å²) in [6, 6.07) is 6.37. The molecule has 0 aliphatic carbocycles. The molecule has 7 nitrogen and oxygen atoms in total. The SMILES string of the molecule is CC(NC(=O)CSc1nnc(-c2ccc(Cl)cc2)o1)C(=O)NC(C)(C)C. The molecule has 9 heteroatoms. The third kappa shape index (κ3) is 6.34. The van der Waals surface area contributed by atoms with Crippen LogP contribution in [0.15, 0.2) is 33.9 Å². The maximum atomic E-state index is 12.0. The largest absolute Gasteiger partial charge is 0.411 e. The molecule has 2 rings (SSSR count). The van der Waals surface area contributed by atoms with Crippen molar-refractivity contribution in [1.29, 1.82) is 0 Å². The number of aromatic nitrogens is 2. The topological polar surface area (TPSA) is 97.1 Å². The minimum atomic E-state index is -0.630. The summed E-state index contributed by atoms with van der Waals surface area (Å²) in [4.78, 5) is 24.0. The van der Waals surface area contributed by atoms with E-state index < -0.39 is 6.04 Å². The van der Waals surface area contributed by atoms with Crippen LogP contribution in [0, 0.1) is 0 Å². The Morgan fingerprint density at radius 3 is 2.50 bits per heavy atom. The van der Waals surface area contributed by atoms with Gasteiger partial charge in [-0.25, -0.2) is 0 Å². The van der Waals surface area contributed by atoms with Crippen LogP contribution in [0.4, 0.5) is 0 Å². The summed E-state index contributed by atoms with van der Waals surface area (Å²) in [7, 11) is 0. The van der Waals surface area contributed by atoms with Gasteiger partial charge < -0.3 is 15.1 Å². The molecular weight excluding hydrogens is 376 g/mol. The van der Waals surface area contributed by atoms with E-state index >= 15 is 0 Å². The van der Waals surface area contributed by atoms with Crippen molar-refractivity contribution in [2.24, 2.45) is 0 Å². The highest BCUT2D eigenvalue weighted by Crippen LogP contribution is 2.24. The molecule has 0 spiro atoms. The second kappa shape index (κ2) is 8.55. The van der Waals surface area contributed by atoms with Crippen molar-refractivity contribution in [3.63, 3.8) is 0 Å². The zero-order valence-electron chi connectivity index (χ0n) is 15.0. The number of carbonyl (C=O) groups is 2. The van der Waals surface area contributed by atoms with E-state index in [-0.39, 0.29) is 28.3 Å². The van der Waals surface area contributed by atoms with Crippen LogP contribution in [0.5, 0.6) is 0 Å². The molecule has 26 heavy (non-hydrogen) atoms. The third-order valence-corrected chi connectivity index (χ3v) is 4.16. The second-order valence-electron chi connectivity index (χ2n) is 6.70. The van der Waals surface area contributed by atoms with Gasteiger partial charge in [0.25, 0.3) is 5.22 Å². The van der Waals surface area contributed by atoms with E-state index in [0.29, 0.717) is 10.9 Å². The Hall–Kier alpha value is -2.06. The lowest BCUT2D eigenvalue weighted by Gasteiger charge is -2.23. The minimum absolute atomic E-state index is 0.0649. The highest BCUT2D eigenvalue weighted by molar-refractivity contribution is 7.99. The smallest absolute Gasteiger partial charge is 0.277 e. The molecule has 1 atom stereocenters. The molecule has 0 radical (unpaired) electrons. The van der Waals surface area contributed by atoms with Crippen LogP contribution in [0.3, 0.4) is 0 Å². The van der Waals surface area contributed by atoms with Crippen LogP contribution < -0.4 is 10.6 Å². The molecule has 1 heterocycles. The molecule has 2 N–H and O–H groups in total. The van der Waals surface area contributed by atoms with Crippen molar-refractivity contribution in [2.45, 2.75) is 44.5 Å². The maximum Gasteiger partial charge on any atom is 0.277 e. The number of nitrogens with one attached hydrogen (secondary N) is 2. The Morgan fingerprint density at radius 2 is 1.88 bits per heavy atom. The van der Waals surface area contributed by atoms with Crippen LogP contribution in [-0.2, 0) is 9.59 Å². The normalized spacial score (nSPS) is 12.5. The lowest BCUT2D eigenvalue weighted by Crippen LogP contribution is -2.51. The number of thioether (sulfide) groups is 1. The van der Waals surface area contributed by atoms with Crippen LogP contribution in [0.1, 0.15) is 27.7 Å². The van der Waals surface area contributed by atoms with Gasteiger partial charge in [-0.15, -0.1) is 10.2 Å².